The van der Waals surface area contributed by atoms with Crippen molar-refractivity contribution in [3.05, 3.63) is 96.6 Å². The van der Waals surface area contributed by atoms with E-state index in [1.807, 2.05) is 18.2 Å². The lowest BCUT2D eigenvalue weighted by Crippen LogP contribution is -2.20. The molecular formula is C21H22N5O4P. The highest BCUT2D eigenvalue weighted by Crippen LogP contribution is 2.43. The minimum atomic E-state index is -4.07. The number of benzene rings is 3. The Morgan fingerprint density at radius 1 is 0.806 bits per heavy atom. The van der Waals surface area contributed by atoms with Crippen molar-refractivity contribution in [2.75, 3.05) is 11.0 Å². The largest absolute Gasteiger partial charge is 0.490 e. The van der Waals surface area contributed by atoms with Crippen LogP contribution in [0.25, 0.3) is 0 Å². The van der Waals surface area contributed by atoms with E-state index >= 15 is 0 Å². The molecule has 0 aliphatic heterocycles. The minimum Gasteiger partial charge on any atom is -0.411 e. The second kappa shape index (κ2) is 10.9. The number of hydrogen-bond donors (Lipinski definition) is 4. The maximum absolute atomic E-state index is 13.3. The molecule has 3 aromatic carbocycles. The highest BCUT2D eigenvalue weighted by atomic mass is 31.2. The summed E-state index contributed by atoms with van der Waals surface area (Å²) in [6.45, 7) is 1.56. The van der Waals surface area contributed by atoms with Gasteiger partial charge in [-0.3, -0.25) is 11.0 Å². The molecule has 0 aromatic heterocycles. The van der Waals surface area contributed by atoms with Crippen molar-refractivity contribution < 1.29 is 19.0 Å². The van der Waals surface area contributed by atoms with E-state index in [2.05, 4.69) is 26.4 Å². The van der Waals surface area contributed by atoms with Gasteiger partial charge in [0.05, 0.1) is 11.4 Å². The SMILES string of the molecule is CC(=N\O)/C(=N/NP(=O)(ONc1ccccc1)ONc1ccccc1)c1ccccc1. The van der Waals surface area contributed by atoms with Crippen LogP contribution in [0.4, 0.5) is 11.4 Å². The Balaban J connectivity index is 1.83. The molecule has 4 N–H and O–H groups in total. The Kier molecular flexibility index (Phi) is 7.78. The van der Waals surface area contributed by atoms with Crippen LogP contribution in [-0.4, -0.2) is 16.6 Å². The summed E-state index contributed by atoms with van der Waals surface area (Å²) in [5.74, 6) is 0. The fraction of sp³-hybridized carbons (Fsp3) is 0.0476. The first kappa shape index (κ1) is 22.0. The van der Waals surface area contributed by atoms with E-state index in [0.29, 0.717) is 16.9 Å². The highest BCUT2D eigenvalue weighted by Gasteiger charge is 2.27. The smallest absolute Gasteiger partial charge is 0.411 e. The molecule has 0 bridgehead atoms. The standard InChI is InChI=1S/C21H22N5O4P/c1-17(23-27)21(18-11-5-2-6-12-18)22-26-31(28,29-24-19-13-7-3-8-14-19)30-25-20-15-9-4-10-16-20/h2-16,24-25,27H,1H3,(H,26,28)/b22-21-,23-17+. The van der Waals surface area contributed by atoms with Crippen LogP contribution in [0.1, 0.15) is 12.5 Å². The third-order valence-corrected chi connectivity index (χ3v) is 4.95. The van der Waals surface area contributed by atoms with Gasteiger partial charge < -0.3 is 5.21 Å². The highest BCUT2D eigenvalue weighted by molar-refractivity contribution is 7.51. The van der Waals surface area contributed by atoms with Crippen molar-refractivity contribution in [1.29, 1.82) is 0 Å². The molecule has 31 heavy (non-hydrogen) atoms. The Labute approximate surface area is 179 Å². The predicted octanol–water partition coefficient (Wildman–Crippen LogP) is 5.03. The normalized spacial score (nSPS) is 12.3. The van der Waals surface area contributed by atoms with Crippen LogP contribution < -0.4 is 16.2 Å². The van der Waals surface area contributed by atoms with Crippen LogP contribution in [0, 0.1) is 0 Å². The lowest BCUT2D eigenvalue weighted by Gasteiger charge is -2.18. The molecule has 3 rings (SSSR count). The predicted molar refractivity (Wildman–Crippen MR) is 121 cm³/mol. The first-order valence-corrected chi connectivity index (χ1v) is 10.8. The van der Waals surface area contributed by atoms with Crippen LogP contribution in [0.3, 0.4) is 0 Å². The molecule has 0 radical (unpaired) electrons. The van der Waals surface area contributed by atoms with E-state index in [4.69, 9.17) is 9.25 Å². The van der Waals surface area contributed by atoms with E-state index in [-0.39, 0.29) is 11.4 Å². The van der Waals surface area contributed by atoms with Gasteiger partial charge in [0.1, 0.15) is 11.4 Å². The van der Waals surface area contributed by atoms with Gasteiger partial charge in [-0.1, -0.05) is 71.9 Å². The van der Waals surface area contributed by atoms with Crippen molar-refractivity contribution >= 4 is 30.5 Å². The second-order valence-corrected chi connectivity index (χ2v) is 7.79. The molecule has 0 fully saturated rings. The van der Waals surface area contributed by atoms with E-state index in [1.165, 1.54) is 0 Å². The van der Waals surface area contributed by atoms with E-state index in [0.717, 1.165) is 0 Å². The quantitative estimate of drug-likeness (QED) is 0.152. The number of para-hydroxylation sites is 2. The molecule has 0 heterocycles. The fourth-order valence-corrected chi connectivity index (χ4v) is 3.20. The Morgan fingerprint density at radius 3 is 1.71 bits per heavy atom. The molecule has 0 saturated heterocycles. The zero-order chi connectivity index (χ0) is 21.9. The number of hydrogen-bond acceptors (Lipinski definition) is 8. The summed E-state index contributed by atoms with van der Waals surface area (Å²) in [4.78, 5) is 0. The number of hydrazone groups is 1. The summed E-state index contributed by atoms with van der Waals surface area (Å²) in [7, 11) is -4.07. The number of nitrogens with one attached hydrogen (secondary N) is 3. The monoisotopic (exact) mass is 439 g/mol. The number of rotatable bonds is 10. The number of oxime groups is 1. The van der Waals surface area contributed by atoms with Gasteiger partial charge in [0.25, 0.3) is 0 Å². The van der Waals surface area contributed by atoms with Gasteiger partial charge in [-0.15, -0.1) is 0 Å². The maximum Gasteiger partial charge on any atom is 0.490 e. The minimum absolute atomic E-state index is 0.206. The number of anilines is 2. The van der Waals surface area contributed by atoms with Gasteiger partial charge in [0.2, 0.25) is 0 Å². The van der Waals surface area contributed by atoms with E-state index < -0.39 is 7.75 Å². The first-order chi connectivity index (χ1) is 15.1. The van der Waals surface area contributed by atoms with E-state index in [1.54, 1.807) is 79.7 Å². The average molecular weight is 439 g/mol. The van der Waals surface area contributed by atoms with Crippen molar-refractivity contribution in [3.8, 4) is 0 Å². The summed E-state index contributed by atoms with van der Waals surface area (Å²) >= 11 is 0. The molecule has 0 unspecified atom stereocenters. The van der Waals surface area contributed by atoms with Crippen LogP contribution >= 0.6 is 7.75 Å². The van der Waals surface area contributed by atoms with Gasteiger partial charge in [-0.25, -0.2) is 9.76 Å². The molecule has 0 atom stereocenters. The Hall–Kier alpha value is -3.65. The molecule has 9 nitrogen and oxygen atoms in total. The zero-order valence-electron chi connectivity index (χ0n) is 16.7. The molecule has 10 heteroatoms. The number of nitrogens with zero attached hydrogens (tertiary/aromatic N) is 2. The Bertz CT molecular complexity index is 1020. The summed E-state index contributed by atoms with van der Waals surface area (Å²) in [6.07, 6.45) is 0. The Morgan fingerprint density at radius 2 is 1.26 bits per heavy atom. The van der Waals surface area contributed by atoms with Crippen LogP contribution in [0.2, 0.25) is 0 Å². The maximum atomic E-state index is 13.3. The third kappa shape index (κ3) is 6.68. The van der Waals surface area contributed by atoms with Gasteiger partial charge in [0, 0.05) is 5.56 Å². The molecule has 0 amide bonds. The van der Waals surface area contributed by atoms with Crippen LogP contribution in [0.15, 0.2) is 101 Å². The summed E-state index contributed by atoms with van der Waals surface area (Å²) in [5.41, 5.74) is 7.41. The van der Waals surface area contributed by atoms with Crippen LogP contribution in [0.5, 0.6) is 0 Å². The van der Waals surface area contributed by atoms with Crippen molar-refractivity contribution in [3.63, 3.8) is 0 Å². The van der Waals surface area contributed by atoms with Crippen molar-refractivity contribution in [2.45, 2.75) is 6.92 Å². The van der Waals surface area contributed by atoms with E-state index in [9.17, 15) is 9.77 Å². The lowest BCUT2D eigenvalue weighted by molar-refractivity contribution is 0.260. The molecule has 0 spiro atoms. The molecule has 0 aliphatic carbocycles. The van der Waals surface area contributed by atoms with Gasteiger partial charge in [0.15, 0.2) is 0 Å². The van der Waals surface area contributed by atoms with Crippen molar-refractivity contribution in [1.82, 2.24) is 5.20 Å². The molecule has 160 valence electrons. The average Bonchev–Trinajstić information content (AvgIpc) is 2.83. The van der Waals surface area contributed by atoms with Crippen LogP contribution in [-0.2, 0) is 13.8 Å². The molecule has 0 aliphatic rings. The first-order valence-electron chi connectivity index (χ1n) is 9.28. The van der Waals surface area contributed by atoms with Gasteiger partial charge in [-0.2, -0.15) is 14.4 Å². The second-order valence-electron chi connectivity index (χ2n) is 6.23. The lowest BCUT2D eigenvalue weighted by atomic mass is 10.1. The third-order valence-electron chi connectivity index (χ3n) is 3.94. The fourth-order valence-electron chi connectivity index (χ4n) is 2.41. The van der Waals surface area contributed by atoms with Gasteiger partial charge >= 0.3 is 7.75 Å². The summed E-state index contributed by atoms with van der Waals surface area (Å²) in [5, 5.41) is 19.0. The summed E-state index contributed by atoms with van der Waals surface area (Å²) < 4.78 is 24.0. The van der Waals surface area contributed by atoms with Crippen molar-refractivity contribution in [2.24, 2.45) is 10.3 Å². The molecular weight excluding hydrogens is 417 g/mol. The topological polar surface area (TPSA) is 117 Å². The summed E-state index contributed by atoms with van der Waals surface area (Å²) in [6, 6.07) is 26.8. The molecule has 3 aromatic rings. The van der Waals surface area contributed by atoms with Gasteiger partial charge in [-0.05, 0) is 31.2 Å². The molecule has 0 saturated carbocycles. The zero-order valence-corrected chi connectivity index (χ0v) is 17.6.